The molecule has 0 saturated heterocycles. The van der Waals surface area contributed by atoms with E-state index in [4.69, 9.17) is 10.5 Å². The molecule has 106 valence electrons. The van der Waals surface area contributed by atoms with E-state index in [0.717, 1.165) is 21.1 Å². The molecule has 0 aliphatic carbocycles. The minimum atomic E-state index is 0.146. The van der Waals surface area contributed by atoms with Crippen LogP contribution in [0.3, 0.4) is 0 Å². The van der Waals surface area contributed by atoms with Crippen LogP contribution in [-0.4, -0.2) is 22.1 Å². The van der Waals surface area contributed by atoms with Crippen molar-refractivity contribution < 1.29 is 4.74 Å². The zero-order valence-electron chi connectivity index (χ0n) is 11.2. The van der Waals surface area contributed by atoms with E-state index in [9.17, 15) is 0 Å². The Bertz CT molecular complexity index is 808. The highest BCUT2D eigenvalue weighted by Gasteiger charge is 2.07. The summed E-state index contributed by atoms with van der Waals surface area (Å²) in [6, 6.07) is 9.54. The molecule has 0 fully saturated rings. The Balaban J connectivity index is 2.04. The molecule has 6 nitrogen and oxygen atoms in total. The Morgan fingerprint density at radius 2 is 2.10 bits per heavy atom. The van der Waals surface area contributed by atoms with Crippen molar-refractivity contribution in [3.05, 3.63) is 41.0 Å². The molecule has 2 aromatic heterocycles. The molecule has 0 amide bonds. The second-order valence-corrected chi connectivity index (χ2v) is 5.23. The number of nitrogen functional groups attached to an aromatic ring is 1. The average Bonchev–Trinajstić information content (AvgIpc) is 2.46. The van der Waals surface area contributed by atoms with Gasteiger partial charge in [-0.25, -0.2) is 0 Å². The molecular weight excluding hydrogens is 334 g/mol. The molecule has 0 bridgehead atoms. The molecule has 3 N–H and O–H groups in total. The fourth-order valence-corrected chi connectivity index (χ4v) is 2.33. The summed E-state index contributed by atoms with van der Waals surface area (Å²) >= 11 is 3.42. The van der Waals surface area contributed by atoms with Crippen LogP contribution >= 0.6 is 15.9 Å². The average molecular weight is 346 g/mol. The van der Waals surface area contributed by atoms with E-state index in [1.54, 1.807) is 12.3 Å². The second kappa shape index (κ2) is 5.53. The van der Waals surface area contributed by atoms with E-state index < -0.39 is 0 Å². The van der Waals surface area contributed by atoms with Gasteiger partial charge in [-0.1, -0.05) is 12.1 Å². The number of para-hydroxylation sites is 1. The maximum Gasteiger partial charge on any atom is 0.225 e. The van der Waals surface area contributed by atoms with Crippen molar-refractivity contribution in [2.45, 2.75) is 0 Å². The normalized spacial score (nSPS) is 10.6. The van der Waals surface area contributed by atoms with Gasteiger partial charge in [0, 0.05) is 22.1 Å². The van der Waals surface area contributed by atoms with Gasteiger partial charge >= 0.3 is 0 Å². The number of anilines is 3. The number of hydrogen-bond acceptors (Lipinski definition) is 6. The van der Waals surface area contributed by atoms with Crippen molar-refractivity contribution in [3.8, 4) is 5.88 Å². The number of rotatable bonds is 3. The van der Waals surface area contributed by atoms with Gasteiger partial charge in [-0.15, -0.1) is 0 Å². The van der Waals surface area contributed by atoms with Crippen LogP contribution in [0.25, 0.3) is 10.9 Å². The fraction of sp³-hybridized carbons (Fsp3) is 0.0714. The number of aromatic nitrogens is 3. The Labute approximate surface area is 129 Å². The summed E-state index contributed by atoms with van der Waals surface area (Å²) in [5.74, 6) is 1.10. The number of fused-ring (bicyclic) bond motifs is 1. The van der Waals surface area contributed by atoms with Crippen molar-refractivity contribution in [1.82, 2.24) is 15.0 Å². The van der Waals surface area contributed by atoms with E-state index in [2.05, 4.69) is 36.2 Å². The quantitative estimate of drug-likeness (QED) is 0.758. The number of halogens is 1. The summed E-state index contributed by atoms with van der Waals surface area (Å²) in [5.41, 5.74) is 7.33. The highest BCUT2D eigenvalue weighted by molar-refractivity contribution is 9.10. The van der Waals surface area contributed by atoms with Gasteiger partial charge in [0.25, 0.3) is 0 Å². The topological polar surface area (TPSA) is 86.0 Å². The molecule has 3 aromatic rings. The third kappa shape index (κ3) is 2.87. The molecular formula is C14H12BrN5O. The number of nitrogens with one attached hydrogen (secondary N) is 1. The van der Waals surface area contributed by atoms with Crippen molar-refractivity contribution >= 4 is 44.3 Å². The molecule has 1 aromatic carbocycles. The van der Waals surface area contributed by atoms with Crippen LogP contribution in [0.4, 0.5) is 17.5 Å². The fourth-order valence-electron chi connectivity index (χ4n) is 1.98. The summed E-state index contributed by atoms with van der Waals surface area (Å²) in [4.78, 5) is 12.5. The van der Waals surface area contributed by atoms with Crippen LogP contribution in [0.5, 0.6) is 5.88 Å². The maximum absolute atomic E-state index is 5.66. The van der Waals surface area contributed by atoms with Gasteiger partial charge in [0.15, 0.2) is 0 Å². The minimum Gasteiger partial charge on any atom is -0.481 e. The van der Waals surface area contributed by atoms with Crippen LogP contribution in [0, 0.1) is 0 Å². The maximum atomic E-state index is 5.66. The van der Waals surface area contributed by atoms with Gasteiger partial charge in [-0.05, 0) is 28.1 Å². The molecule has 7 heteroatoms. The Hall–Kier alpha value is -2.41. The summed E-state index contributed by atoms with van der Waals surface area (Å²) in [6.07, 6.45) is 1.75. The number of ether oxygens (including phenoxy) is 1. The number of benzene rings is 1. The first-order chi connectivity index (χ1) is 10.2. The Kier molecular flexibility index (Phi) is 3.57. The van der Waals surface area contributed by atoms with Gasteiger partial charge in [0.1, 0.15) is 5.82 Å². The molecule has 0 aliphatic rings. The van der Waals surface area contributed by atoms with Crippen molar-refractivity contribution in [3.63, 3.8) is 0 Å². The zero-order valence-corrected chi connectivity index (χ0v) is 12.8. The molecule has 2 heterocycles. The molecule has 0 aliphatic heterocycles. The van der Waals surface area contributed by atoms with Crippen LogP contribution in [0.1, 0.15) is 0 Å². The van der Waals surface area contributed by atoms with E-state index in [-0.39, 0.29) is 5.95 Å². The Morgan fingerprint density at radius 1 is 1.24 bits per heavy atom. The Morgan fingerprint density at radius 3 is 2.90 bits per heavy atom. The van der Waals surface area contributed by atoms with Crippen molar-refractivity contribution in [2.75, 3.05) is 18.2 Å². The van der Waals surface area contributed by atoms with Gasteiger partial charge in [-0.3, -0.25) is 4.98 Å². The van der Waals surface area contributed by atoms with Gasteiger partial charge in [0.2, 0.25) is 11.8 Å². The lowest BCUT2D eigenvalue weighted by Gasteiger charge is -2.10. The first-order valence-corrected chi connectivity index (χ1v) is 6.95. The van der Waals surface area contributed by atoms with E-state index in [1.807, 2.05) is 24.3 Å². The molecule has 0 spiro atoms. The molecule has 0 saturated carbocycles. The van der Waals surface area contributed by atoms with Crippen LogP contribution in [0.15, 0.2) is 41.0 Å². The van der Waals surface area contributed by atoms with Crippen LogP contribution < -0.4 is 15.8 Å². The number of methoxy groups -OCH3 is 1. The van der Waals surface area contributed by atoms with Gasteiger partial charge in [-0.2, -0.15) is 9.97 Å². The van der Waals surface area contributed by atoms with Crippen molar-refractivity contribution in [2.24, 2.45) is 0 Å². The second-order valence-electron chi connectivity index (χ2n) is 4.31. The predicted molar refractivity (Wildman–Crippen MR) is 85.7 cm³/mol. The largest absolute Gasteiger partial charge is 0.481 e. The molecule has 3 rings (SSSR count). The highest BCUT2D eigenvalue weighted by atomic mass is 79.9. The van der Waals surface area contributed by atoms with E-state index >= 15 is 0 Å². The first kappa shape index (κ1) is 13.6. The summed E-state index contributed by atoms with van der Waals surface area (Å²) in [5, 5.41) is 4.21. The molecule has 0 radical (unpaired) electrons. The number of hydrogen-bond donors (Lipinski definition) is 2. The van der Waals surface area contributed by atoms with Gasteiger partial charge in [0.05, 0.1) is 18.3 Å². The number of nitrogens with zero attached hydrogens (tertiary/aromatic N) is 3. The van der Waals surface area contributed by atoms with Crippen molar-refractivity contribution in [1.29, 1.82) is 0 Å². The molecule has 0 atom stereocenters. The summed E-state index contributed by atoms with van der Waals surface area (Å²) in [6.45, 7) is 0. The smallest absolute Gasteiger partial charge is 0.225 e. The summed E-state index contributed by atoms with van der Waals surface area (Å²) in [7, 11) is 1.53. The first-order valence-electron chi connectivity index (χ1n) is 6.15. The van der Waals surface area contributed by atoms with Gasteiger partial charge < -0.3 is 15.8 Å². The predicted octanol–water partition coefficient (Wildman–Crippen LogP) is 3.12. The lowest BCUT2D eigenvalue weighted by molar-refractivity contribution is 0.398. The standard InChI is InChI=1S/C14H12BrN5O/c1-21-12-6-11(19-14(16)20-12)18-10-4-2-3-8-5-9(15)7-17-13(8)10/h2-7H,1H3,(H3,16,18,19,20). The third-order valence-electron chi connectivity index (χ3n) is 2.87. The van der Waals surface area contributed by atoms with E-state index in [1.165, 1.54) is 7.11 Å². The lowest BCUT2D eigenvalue weighted by Crippen LogP contribution is -2.02. The zero-order chi connectivity index (χ0) is 14.8. The van der Waals surface area contributed by atoms with Crippen LogP contribution in [-0.2, 0) is 0 Å². The molecule has 0 unspecified atom stereocenters. The van der Waals surface area contributed by atoms with E-state index in [0.29, 0.717) is 11.7 Å². The SMILES string of the molecule is COc1cc(Nc2cccc3cc(Br)cnc23)nc(N)n1. The number of pyridine rings is 1. The number of nitrogens with two attached hydrogens (primary N) is 1. The minimum absolute atomic E-state index is 0.146. The monoisotopic (exact) mass is 345 g/mol. The lowest BCUT2D eigenvalue weighted by atomic mass is 10.2. The summed E-state index contributed by atoms with van der Waals surface area (Å²) < 4.78 is 6.01. The highest BCUT2D eigenvalue weighted by Crippen LogP contribution is 2.27. The third-order valence-corrected chi connectivity index (χ3v) is 3.30. The van der Waals surface area contributed by atoms with Crippen LogP contribution in [0.2, 0.25) is 0 Å². The molecule has 21 heavy (non-hydrogen) atoms.